The number of anilines is 1. The van der Waals surface area contributed by atoms with Gasteiger partial charge in [-0.05, 0) is 12.1 Å². The number of pyridine rings is 1. The average molecular weight is 290 g/mol. The number of carboxylic acid groups (broad SMARTS) is 1. The van der Waals surface area contributed by atoms with Crippen LogP contribution in [-0.2, 0) is 4.79 Å². The standard InChI is InChI=1S/C10H5F3N2O3S/c11-10(12,13)9(18)15-5-4-2-1-3-14-7(4)19-6(5)8(16)17/h1-3H,(H,15,18)(H,16,17). The van der Waals surface area contributed by atoms with Gasteiger partial charge in [0.05, 0.1) is 5.69 Å². The van der Waals surface area contributed by atoms with Gasteiger partial charge in [0, 0.05) is 11.6 Å². The van der Waals surface area contributed by atoms with Crippen molar-refractivity contribution in [3.63, 3.8) is 0 Å². The number of thiophene rings is 1. The molecule has 2 heterocycles. The van der Waals surface area contributed by atoms with Gasteiger partial charge in [0.2, 0.25) is 0 Å². The number of carboxylic acids is 1. The van der Waals surface area contributed by atoms with Gasteiger partial charge in [0.1, 0.15) is 9.71 Å². The fourth-order valence-electron chi connectivity index (χ4n) is 1.39. The van der Waals surface area contributed by atoms with Crippen molar-refractivity contribution < 1.29 is 27.9 Å². The molecule has 0 unspecified atom stereocenters. The summed E-state index contributed by atoms with van der Waals surface area (Å²) < 4.78 is 36.6. The number of rotatable bonds is 2. The van der Waals surface area contributed by atoms with Crippen molar-refractivity contribution in [2.24, 2.45) is 0 Å². The van der Waals surface area contributed by atoms with Gasteiger partial charge in [-0.1, -0.05) is 0 Å². The Hall–Kier alpha value is -2.16. The van der Waals surface area contributed by atoms with Crippen LogP contribution in [0.1, 0.15) is 9.67 Å². The first-order valence-electron chi connectivity index (χ1n) is 4.79. The Labute approximate surface area is 107 Å². The summed E-state index contributed by atoms with van der Waals surface area (Å²) in [5.41, 5.74) is -0.386. The molecule has 0 fully saturated rings. The van der Waals surface area contributed by atoms with Gasteiger partial charge in [-0.25, -0.2) is 9.78 Å². The van der Waals surface area contributed by atoms with Crippen LogP contribution in [0.25, 0.3) is 10.2 Å². The number of carbonyl (C=O) groups excluding carboxylic acids is 1. The van der Waals surface area contributed by atoms with Crippen LogP contribution >= 0.6 is 11.3 Å². The number of alkyl halides is 3. The van der Waals surface area contributed by atoms with Crippen LogP contribution in [0.5, 0.6) is 0 Å². The van der Waals surface area contributed by atoms with Crippen molar-refractivity contribution in [2.75, 3.05) is 5.32 Å². The maximum Gasteiger partial charge on any atom is 0.471 e. The zero-order valence-electron chi connectivity index (χ0n) is 8.99. The van der Waals surface area contributed by atoms with Gasteiger partial charge in [-0.3, -0.25) is 4.79 Å². The molecule has 2 aromatic rings. The molecular formula is C10H5F3N2O3S. The second-order valence-corrected chi connectivity index (χ2v) is 4.42. The molecular weight excluding hydrogens is 285 g/mol. The van der Waals surface area contributed by atoms with Crippen molar-refractivity contribution in [3.8, 4) is 0 Å². The van der Waals surface area contributed by atoms with Crippen molar-refractivity contribution in [3.05, 3.63) is 23.2 Å². The first-order valence-corrected chi connectivity index (χ1v) is 5.61. The molecule has 0 atom stereocenters. The number of carbonyl (C=O) groups is 2. The van der Waals surface area contributed by atoms with Crippen molar-refractivity contribution in [2.45, 2.75) is 6.18 Å². The number of hydrogen-bond donors (Lipinski definition) is 2. The summed E-state index contributed by atoms with van der Waals surface area (Å²) in [6.45, 7) is 0. The van der Waals surface area contributed by atoms with Gasteiger partial charge in [-0.15, -0.1) is 11.3 Å². The normalized spacial score (nSPS) is 11.5. The van der Waals surface area contributed by atoms with Crippen LogP contribution in [0.4, 0.5) is 18.9 Å². The minimum Gasteiger partial charge on any atom is -0.477 e. The smallest absolute Gasteiger partial charge is 0.471 e. The van der Waals surface area contributed by atoms with Crippen LogP contribution in [0, 0.1) is 0 Å². The molecule has 0 aliphatic rings. The van der Waals surface area contributed by atoms with Crippen molar-refractivity contribution >= 4 is 39.1 Å². The predicted octanol–water partition coefficient (Wildman–Crippen LogP) is 2.50. The number of halogens is 3. The van der Waals surface area contributed by atoms with E-state index in [9.17, 15) is 22.8 Å². The number of aromatic nitrogens is 1. The highest BCUT2D eigenvalue weighted by Gasteiger charge is 2.39. The largest absolute Gasteiger partial charge is 0.477 e. The van der Waals surface area contributed by atoms with E-state index in [0.29, 0.717) is 11.3 Å². The molecule has 100 valence electrons. The lowest BCUT2D eigenvalue weighted by Gasteiger charge is -2.07. The van der Waals surface area contributed by atoms with Crippen molar-refractivity contribution in [1.29, 1.82) is 0 Å². The zero-order chi connectivity index (χ0) is 14.2. The maximum absolute atomic E-state index is 12.2. The van der Waals surface area contributed by atoms with E-state index >= 15 is 0 Å². The Morgan fingerprint density at radius 1 is 1.37 bits per heavy atom. The minimum atomic E-state index is -5.09. The summed E-state index contributed by atoms with van der Waals surface area (Å²) in [5.74, 6) is -3.65. The van der Waals surface area contributed by atoms with E-state index in [-0.39, 0.29) is 15.9 Å². The van der Waals surface area contributed by atoms with E-state index in [1.165, 1.54) is 18.3 Å². The number of fused-ring (bicyclic) bond motifs is 1. The number of hydrogen-bond acceptors (Lipinski definition) is 4. The number of amides is 1. The molecule has 9 heteroatoms. The third kappa shape index (κ3) is 2.50. The third-order valence-corrected chi connectivity index (χ3v) is 3.26. The van der Waals surface area contributed by atoms with Gasteiger partial charge >= 0.3 is 18.1 Å². The molecule has 19 heavy (non-hydrogen) atoms. The zero-order valence-corrected chi connectivity index (χ0v) is 9.80. The van der Waals surface area contributed by atoms with Gasteiger partial charge < -0.3 is 10.4 Å². The molecule has 2 rings (SSSR count). The lowest BCUT2D eigenvalue weighted by Crippen LogP contribution is -2.30. The summed E-state index contributed by atoms with van der Waals surface area (Å²) >= 11 is 0.692. The monoisotopic (exact) mass is 290 g/mol. The SMILES string of the molecule is O=C(O)c1sc2ncccc2c1NC(=O)C(F)(F)F. The number of nitrogens with zero attached hydrogens (tertiary/aromatic N) is 1. The number of aromatic carboxylic acids is 1. The van der Waals surface area contributed by atoms with E-state index in [1.807, 2.05) is 0 Å². The molecule has 0 aromatic carbocycles. The van der Waals surface area contributed by atoms with E-state index in [0.717, 1.165) is 0 Å². The van der Waals surface area contributed by atoms with Crippen LogP contribution in [0.15, 0.2) is 18.3 Å². The molecule has 2 aromatic heterocycles. The van der Waals surface area contributed by atoms with E-state index in [4.69, 9.17) is 5.11 Å². The highest BCUT2D eigenvalue weighted by molar-refractivity contribution is 7.21. The number of nitrogens with one attached hydrogen (secondary N) is 1. The summed E-state index contributed by atoms with van der Waals surface area (Å²) in [4.78, 5) is 25.6. The Morgan fingerprint density at radius 3 is 2.63 bits per heavy atom. The lowest BCUT2D eigenvalue weighted by molar-refractivity contribution is -0.167. The molecule has 5 nitrogen and oxygen atoms in total. The average Bonchev–Trinajstić information content (AvgIpc) is 2.67. The van der Waals surface area contributed by atoms with Gasteiger partial charge in [-0.2, -0.15) is 13.2 Å². The lowest BCUT2D eigenvalue weighted by atomic mass is 10.2. The fraction of sp³-hybridized carbons (Fsp3) is 0.100. The van der Waals surface area contributed by atoms with Crippen molar-refractivity contribution in [1.82, 2.24) is 4.98 Å². The van der Waals surface area contributed by atoms with Crippen LogP contribution < -0.4 is 5.32 Å². The van der Waals surface area contributed by atoms with Crippen LogP contribution in [0.3, 0.4) is 0 Å². The minimum absolute atomic E-state index is 0.155. The molecule has 0 saturated heterocycles. The fourth-order valence-corrected chi connectivity index (χ4v) is 2.33. The summed E-state index contributed by atoms with van der Waals surface area (Å²) in [5, 5.41) is 10.7. The predicted molar refractivity (Wildman–Crippen MR) is 61.3 cm³/mol. The van der Waals surface area contributed by atoms with Gasteiger partial charge in [0.25, 0.3) is 0 Å². The second kappa shape index (κ2) is 4.50. The Kier molecular flexibility index (Phi) is 3.14. The summed E-state index contributed by atoms with van der Waals surface area (Å²) in [6, 6.07) is 2.82. The van der Waals surface area contributed by atoms with Crippen LogP contribution in [-0.4, -0.2) is 28.1 Å². The first kappa shape index (κ1) is 13.3. The first-order chi connectivity index (χ1) is 8.80. The third-order valence-electron chi connectivity index (χ3n) is 2.16. The molecule has 0 bridgehead atoms. The van der Waals surface area contributed by atoms with E-state index < -0.39 is 22.9 Å². The quantitative estimate of drug-likeness (QED) is 0.890. The molecule has 2 N–H and O–H groups in total. The summed E-state index contributed by atoms with van der Waals surface area (Å²) in [6.07, 6.45) is -3.72. The molecule has 0 aliphatic carbocycles. The van der Waals surface area contributed by atoms with E-state index in [2.05, 4.69) is 4.98 Å². The van der Waals surface area contributed by atoms with Gasteiger partial charge in [0.15, 0.2) is 0 Å². The second-order valence-electron chi connectivity index (χ2n) is 3.42. The molecule has 0 aliphatic heterocycles. The molecule has 1 amide bonds. The van der Waals surface area contributed by atoms with E-state index in [1.54, 1.807) is 5.32 Å². The summed E-state index contributed by atoms with van der Waals surface area (Å²) in [7, 11) is 0. The Balaban J connectivity index is 2.54. The Bertz CT molecular complexity index is 666. The molecule has 0 spiro atoms. The maximum atomic E-state index is 12.2. The molecule has 0 radical (unpaired) electrons. The highest BCUT2D eigenvalue weighted by atomic mass is 32.1. The van der Waals surface area contributed by atoms with Crippen LogP contribution in [0.2, 0.25) is 0 Å². The highest BCUT2D eigenvalue weighted by Crippen LogP contribution is 2.35. The Morgan fingerprint density at radius 2 is 2.05 bits per heavy atom. The topological polar surface area (TPSA) is 79.3 Å². The molecule has 0 saturated carbocycles.